The van der Waals surface area contributed by atoms with Gasteiger partial charge in [0.05, 0.1) is 6.10 Å². The highest BCUT2D eigenvalue weighted by Gasteiger charge is 2.27. The van der Waals surface area contributed by atoms with E-state index in [1.165, 1.54) is 19.3 Å². The lowest BCUT2D eigenvalue weighted by Gasteiger charge is -2.34. The van der Waals surface area contributed by atoms with E-state index in [-0.39, 0.29) is 6.10 Å². The van der Waals surface area contributed by atoms with Crippen LogP contribution < -0.4 is 0 Å². The van der Waals surface area contributed by atoms with Crippen LogP contribution in [0.25, 0.3) is 0 Å². The minimum Gasteiger partial charge on any atom is -0.393 e. The molecule has 1 rings (SSSR count). The molecule has 1 aliphatic carbocycles. The highest BCUT2D eigenvalue weighted by atomic mass is 16.3. The lowest BCUT2D eigenvalue weighted by molar-refractivity contribution is 0.0350. The Morgan fingerprint density at radius 2 is 2.07 bits per heavy atom. The van der Waals surface area contributed by atoms with Crippen LogP contribution in [0.5, 0.6) is 0 Å². The van der Waals surface area contributed by atoms with E-state index in [2.05, 4.69) is 25.8 Å². The maximum absolute atomic E-state index is 9.88. The van der Waals surface area contributed by atoms with Gasteiger partial charge < -0.3 is 10.0 Å². The summed E-state index contributed by atoms with van der Waals surface area (Å²) >= 11 is 0. The molecular formula is C12H25NO. The van der Waals surface area contributed by atoms with Crippen molar-refractivity contribution in [3.8, 4) is 0 Å². The van der Waals surface area contributed by atoms with Crippen LogP contribution >= 0.6 is 0 Å². The molecule has 1 saturated carbocycles. The Kier molecular flexibility index (Phi) is 4.90. The van der Waals surface area contributed by atoms with E-state index in [4.69, 9.17) is 0 Å². The fourth-order valence-electron chi connectivity index (χ4n) is 2.55. The molecular weight excluding hydrogens is 174 g/mol. The molecule has 1 fully saturated rings. The van der Waals surface area contributed by atoms with Crippen LogP contribution in [-0.4, -0.2) is 36.2 Å². The molecule has 2 nitrogen and oxygen atoms in total. The number of aliphatic hydroxyl groups is 1. The zero-order valence-electron chi connectivity index (χ0n) is 9.87. The van der Waals surface area contributed by atoms with Gasteiger partial charge in [-0.2, -0.15) is 0 Å². The Morgan fingerprint density at radius 1 is 1.36 bits per heavy atom. The van der Waals surface area contributed by atoms with Crippen molar-refractivity contribution in [1.82, 2.24) is 4.90 Å². The van der Waals surface area contributed by atoms with E-state index in [1.807, 2.05) is 0 Å². The Balaban J connectivity index is 2.33. The molecule has 1 N–H and O–H groups in total. The Bertz CT molecular complexity index is 160. The first kappa shape index (κ1) is 12.0. The zero-order valence-corrected chi connectivity index (χ0v) is 9.87. The first-order valence-electron chi connectivity index (χ1n) is 6.00. The third-order valence-corrected chi connectivity index (χ3v) is 3.36. The predicted molar refractivity (Wildman–Crippen MR) is 60.3 cm³/mol. The minimum atomic E-state index is -0.0505. The smallest absolute Gasteiger partial charge is 0.0580 e. The lowest BCUT2D eigenvalue weighted by atomic mass is 9.80. The monoisotopic (exact) mass is 199 g/mol. The largest absolute Gasteiger partial charge is 0.393 e. The van der Waals surface area contributed by atoms with Gasteiger partial charge in [-0.1, -0.05) is 13.8 Å². The summed E-state index contributed by atoms with van der Waals surface area (Å²) in [7, 11) is 2.16. The molecule has 0 aromatic heterocycles. The standard InChI is InChI=1S/C12H25NO/c1-4-7-13(3)9-11-8-10(2)5-6-12(11)14/h10-12,14H,4-9H2,1-3H3. The molecule has 3 unspecified atom stereocenters. The molecule has 14 heavy (non-hydrogen) atoms. The summed E-state index contributed by atoms with van der Waals surface area (Å²) in [6, 6.07) is 0. The van der Waals surface area contributed by atoms with Crippen molar-refractivity contribution >= 4 is 0 Å². The third kappa shape index (κ3) is 3.58. The zero-order chi connectivity index (χ0) is 10.6. The van der Waals surface area contributed by atoms with E-state index in [9.17, 15) is 5.11 Å². The van der Waals surface area contributed by atoms with Crippen LogP contribution in [0.4, 0.5) is 0 Å². The van der Waals surface area contributed by atoms with Gasteiger partial charge in [0.25, 0.3) is 0 Å². The van der Waals surface area contributed by atoms with Gasteiger partial charge in [-0.3, -0.25) is 0 Å². The Labute approximate surface area is 88.3 Å². The van der Waals surface area contributed by atoms with Gasteiger partial charge in [0, 0.05) is 6.54 Å². The Morgan fingerprint density at radius 3 is 2.71 bits per heavy atom. The second-order valence-electron chi connectivity index (χ2n) is 5.01. The van der Waals surface area contributed by atoms with Crippen LogP contribution in [0, 0.1) is 11.8 Å². The van der Waals surface area contributed by atoms with E-state index < -0.39 is 0 Å². The number of hydrogen-bond donors (Lipinski definition) is 1. The topological polar surface area (TPSA) is 23.5 Å². The molecule has 3 atom stereocenters. The summed E-state index contributed by atoms with van der Waals surface area (Å²) in [6.45, 7) is 6.73. The van der Waals surface area contributed by atoms with Crippen molar-refractivity contribution in [3.05, 3.63) is 0 Å². The van der Waals surface area contributed by atoms with Crippen LogP contribution in [0.1, 0.15) is 39.5 Å². The molecule has 2 heteroatoms. The maximum Gasteiger partial charge on any atom is 0.0580 e. The van der Waals surface area contributed by atoms with Gasteiger partial charge >= 0.3 is 0 Å². The second-order valence-corrected chi connectivity index (χ2v) is 5.01. The number of aliphatic hydroxyl groups excluding tert-OH is 1. The summed E-state index contributed by atoms with van der Waals surface area (Å²) in [5.74, 6) is 1.31. The maximum atomic E-state index is 9.88. The molecule has 0 radical (unpaired) electrons. The number of nitrogens with zero attached hydrogens (tertiary/aromatic N) is 1. The molecule has 0 aliphatic heterocycles. The van der Waals surface area contributed by atoms with E-state index in [0.29, 0.717) is 5.92 Å². The normalized spacial score (nSPS) is 33.6. The van der Waals surface area contributed by atoms with Gasteiger partial charge in [-0.15, -0.1) is 0 Å². The average molecular weight is 199 g/mol. The van der Waals surface area contributed by atoms with Crippen LogP contribution in [-0.2, 0) is 0 Å². The predicted octanol–water partition coefficient (Wildman–Crippen LogP) is 2.13. The van der Waals surface area contributed by atoms with Crippen molar-refractivity contribution in [1.29, 1.82) is 0 Å². The molecule has 0 heterocycles. The fraction of sp³-hybridized carbons (Fsp3) is 1.00. The molecule has 0 spiro atoms. The van der Waals surface area contributed by atoms with E-state index >= 15 is 0 Å². The highest BCUT2D eigenvalue weighted by molar-refractivity contribution is 4.79. The van der Waals surface area contributed by atoms with Crippen molar-refractivity contribution in [3.63, 3.8) is 0 Å². The van der Waals surface area contributed by atoms with Gasteiger partial charge in [-0.05, 0) is 51.1 Å². The summed E-state index contributed by atoms with van der Waals surface area (Å²) in [6.07, 6.45) is 4.57. The van der Waals surface area contributed by atoms with Crippen molar-refractivity contribution < 1.29 is 5.11 Å². The molecule has 0 aromatic carbocycles. The molecule has 0 amide bonds. The van der Waals surface area contributed by atoms with Crippen LogP contribution in [0.3, 0.4) is 0 Å². The quantitative estimate of drug-likeness (QED) is 0.749. The third-order valence-electron chi connectivity index (χ3n) is 3.36. The molecule has 0 bridgehead atoms. The second kappa shape index (κ2) is 5.72. The summed E-state index contributed by atoms with van der Waals surface area (Å²) in [5.41, 5.74) is 0. The van der Waals surface area contributed by atoms with E-state index in [0.717, 1.165) is 25.4 Å². The van der Waals surface area contributed by atoms with Crippen molar-refractivity contribution in [2.75, 3.05) is 20.1 Å². The van der Waals surface area contributed by atoms with E-state index in [1.54, 1.807) is 0 Å². The summed E-state index contributed by atoms with van der Waals surface area (Å²) in [5, 5.41) is 9.88. The van der Waals surface area contributed by atoms with Crippen molar-refractivity contribution in [2.24, 2.45) is 11.8 Å². The van der Waals surface area contributed by atoms with Crippen LogP contribution in [0.15, 0.2) is 0 Å². The minimum absolute atomic E-state index is 0.0505. The van der Waals surface area contributed by atoms with Crippen LogP contribution in [0.2, 0.25) is 0 Å². The SMILES string of the molecule is CCCN(C)CC1CC(C)CCC1O. The van der Waals surface area contributed by atoms with Gasteiger partial charge in [0.2, 0.25) is 0 Å². The highest BCUT2D eigenvalue weighted by Crippen LogP contribution is 2.29. The average Bonchev–Trinajstić information content (AvgIpc) is 2.12. The van der Waals surface area contributed by atoms with Gasteiger partial charge in [0.15, 0.2) is 0 Å². The number of hydrogen-bond acceptors (Lipinski definition) is 2. The molecule has 0 saturated heterocycles. The fourth-order valence-corrected chi connectivity index (χ4v) is 2.55. The first-order valence-corrected chi connectivity index (χ1v) is 6.00. The molecule has 84 valence electrons. The Hall–Kier alpha value is -0.0800. The lowest BCUT2D eigenvalue weighted by Crippen LogP contribution is -2.37. The number of rotatable bonds is 4. The first-order chi connectivity index (χ1) is 6.63. The summed E-state index contributed by atoms with van der Waals surface area (Å²) in [4.78, 5) is 2.35. The molecule has 1 aliphatic rings. The van der Waals surface area contributed by atoms with Gasteiger partial charge in [-0.25, -0.2) is 0 Å². The summed E-state index contributed by atoms with van der Waals surface area (Å²) < 4.78 is 0. The molecule has 0 aromatic rings. The van der Waals surface area contributed by atoms with Gasteiger partial charge in [0.1, 0.15) is 0 Å². The van der Waals surface area contributed by atoms with Crippen molar-refractivity contribution in [2.45, 2.75) is 45.6 Å².